The molecule has 2 aromatic carbocycles. The number of rotatable bonds is 6. The van der Waals surface area contributed by atoms with Gasteiger partial charge in [-0.2, -0.15) is 0 Å². The zero-order valence-corrected chi connectivity index (χ0v) is 12.9. The third-order valence-electron chi connectivity index (χ3n) is 3.11. The van der Waals surface area contributed by atoms with Gasteiger partial charge in [0.1, 0.15) is 24.2 Å². The number of hydrogen-bond acceptors (Lipinski definition) is 4. The quantitative estimate of drug-likeness (QED) is 0.768. The van der Waals surface area contributed by atoms with Crippen molar-refractivity contribution in [3.63, 3.8) is 0 Å². The largest absolute Gasteiger partial charge is 0.506 e. The van der Waals surface area contributed by atoms with Crippen molar-refractivity contribution in [3.05, 3.63) is 35.4 Å². The number of halogens is 1. The summed E-state index contributed by atoms with van der Waals surface area (Å²) in [7, 11) is 0. The van der Waals surface area contributed by atoms with Gasteiger partial charge in [0, 0.05) is 29.4 Å². The molecule has 0 radical (unpaired) electrons. The first-order valence-electron chi connectivity index (χ1n) is 6.93. The Bertz CT molecular complexity index is 616. The number of aromatic hydroxyl groups is 1. The molecule has 21 heavy (non-hydrogen) atoms. The Hall–Kier alpha value is -1.49. The Morgan fingerprint density at radius 2 is 1.90 bits per heavy atom. The zero-order chi connectivity index (χ0) is 15.4. The first-order valence-corrected chi connectivity index (χ1v) is 7.31. The van der Waals surface area contributed by atoms with Gasteiger partial charge >= 0.3 is 0 Å². The van der Waals surface area contributed by atoms with Gasteiger partial charge in [0.25, 0.3) is 0 Å². The molecule has 114 valence electrons. The predicted molar refractivity (Wildman–Crippen MR) is 85.3 cm³/mol. The van der Waals surface area contributed by atoms with E-state index in [1.165, 1.54) is 6.07 Å². The number of aliphatic hydroxyl groups excluding tert-OH is 1. The molecular weight excluding hydrogens is 290 g/mol. The van der Waals surface area contributed by atoms with Gasteiger partial charge in [0.2, 0.25) is 0 Å². The molecule has 0 bridgehead atoms. The van der Waals surface area contributed by atoms with Crippen LogP contribution in [0.1, 0.15) is 13.8 Å². The highest BCUT2D eigenvalue weighted by Crippen LogP contribution is 2.38. The molecule has 0 saturated heterocycles. The summed E-state index contributed by atoms with van der Waals surface area (Å²) in [6.45, 7) is 4.62. The van der Waals surface area contributed by atoms with Gasteiger partial charge in [0.15, 0.2) is 0 Å². The fourth-order valence-corrected chi connectivity index (χ4v) is 2.25. The first-order chi connectivity index (χ1) is 9.99. The van der Waals surface area contributed by atoms with Crippen LogP contribution in [0.15, 0.2) is 30.3 Å². The van der Waals surface area contributed by atoms with Crippen LogP contribution in [0.2, 0.25) is 5.02 Å². The molecule has 0 fully saturated rings. The van der Waals surface area contributed by atoms with Crippen LogP contribution < -0.4 is 10.1 Å². The second-order valence-corrected chi connectivity index (χ2v) is 5.66. The van der Waals surface area contributed by atoms with Crippen molar-refractivity contribution in [3.8, 4) is 11.5 Å². The van der Waals surface area contributed by atoms with E-state index in [1.54, 1.807) is 0 Å². The summed E-state index contributed by atoms with van der Waals surface area (Å²) in [5.74, 6) is 0.483. The maximum Gasteiger partial charge on any atom is 0.138 e. The molecule has 0 saturated carbocycles. The number of nitrogens with one attached hydrogen (secondary N) is 1. The molecule has 4 nitrogen and oxygen atoms in total. The van der Waals surface area contributed by atoms with Crippen LogP contribution in [0.25, 0.3) is 10.8 Å². The lowest BCUT2D eigenvalue weighted by Gasteiger charge is -2.16. The van der Waals surface area contributed by atoms with Crippen LogP contribution >= 0.6 is 11.6 Å². The second kappa shape index (κ2) is 6.98. The van der Waals surface area contributed by atoms with Crippen molar-refractivity contribution in [1.82, 2.24) is 5.32 Å². The van der Waals surface area contributed by atoms with E-state index in [1.807, 2.05) is 38.1 Å². The minimum absolute atomic E-state index is 0.0276. The fourth-order valence-electron chi connectivity index (χ4n) is 2.03. The minimum Gasteiger partial charge on any atom is -0.506 e. The summed E-state index contributed by atoms with van der Waals surface area (Å²) in [6.07, 6.45) is -0.621. The molecule has 2 rings (SSSR count). The Labute approximate surface area is 129 Å². The van der Waals surface area contributed by atoms with Gasteiger partial charge in [-0.15, -0.1) is 0 Å². The summed E-state index contributed by atoms with van der Waals surface area (Å²) in [5.41, 5.74) is 0. The molecule has 5 heteroatoms. The summed E-state index contributed by atoms with van der Waals surface area (Å²) in [5, 5.41) is 24.7. The number of hydrogen-bond donors (Lipinski definition) is 3. The van der Waals surface area contributed by atoms with Crippen LogP contribution in [0, 0.1) is 0 Å². The minimum atomic E-state index is -0.621. The maximum atomic E-state index is 9.88. The summed E-state index contributed by atoms with van der Waals surface area (Å²) in [4.78, 5) is 0. The lowest BCUT2D eigenvalue weighted by atomic mass is 10.1. The Balaban J connectivity index is 2.14. The molecule has 3 N–H and O–H groups in total. The van der Waals surface area contributed by atoms with E-state index in [4.69, 9.17) is 16.3 Å². The average Bonchev–Trinajstić information content (AvgIpc) is 2.47. The highest BCUT2D eigenvalue weighted by molar-refractivity contribution is 6.37. The van der Waals surface area contributed by atoms with Gasteiger partial charge in [-0.25, -0.2) is 0 Å². The average molecular weight is 310 g/mol. The molecular formula is C16H20ClNO3. The van der Waals surface area contributed by atoms with Crippen molar-refractivity contribution in [2.75, 3.05) is 13.2 Å². The van der Waals surface area contributed by atoms with Crippen molar-refractivity contribution in [1.29, 1.82) is 0 Å². The molecule has 0 spiro atoms. The van der Waals surface area contributed by atoms with Crippen LogP contribution in [-0.4, -0.2) is 35.5 Å². The van der Waals surface area contributed by atoms with Crippen molar-refractivity contribution in [2.24, 2.45) is 0 Å². The summed E-state index contributed by atoms with van der Waals surface area (Å²) >= 11 is 6.08. The molecule has 0 heterocycles. The Morgan fingerprint density at radius 1 is 1.24 bits per heavy atom. The number of fused-ring (bicyclic) bond motifs is 1. The Kier molecular flexibility index (Phi) is 5.28. The molecule has 0 aromatic heterocycles. The van der Waals surface area contributed by atoms with Crippen LogP contribution in [0.3, 0.4) is 0 Å². The summed E-state index contributed by atoms with van der Waals surface area (Å²) in [6, 6.07) is 9.20. The lowest BCUT2D eigenvalue weighted by Crippen LogP contribution is -2.35. The normalized spacial score (nSPS) is 12.8. The van der Waals surface area contributed by atoms with Crippen molar-refractivity contribution >= 4 is 22.4 Å². The van der Waals surface area contributed by atoms with E-state index in [-0.39, 0.29) is 12.4 Å². The molecule has 0 unspecified atom stereocenters. The molecule has 0 aliphatic rings. The summed E-state index contributed by atoms with van der Waals surface area (Å²) < 4.78 is 5.64. The van der Waals surface area contributed by atoms with E-state index in [0.717, 1.165) is 10.8 Å². The standard InChI is InChI=1S/C16H20ClNO3/c1-10(2)18-8-11(19)9-21-15-7-14(20)16(17)13-6-4-3-5-12(13)15/h3-7,10-11,18-20H,8-9H2,1-2H3/t11-/m0/s1. The third-order valence-corrected chi connectivity index (χ3v) is 3.51. The third kappa shape index (κ3) is 4.00. The van der Waals surface area contributed by atoms with Crippen LogP contribution in [-0.2, 0) is 0 Å². The zero-order valence-electron chi connectivity index (χ0n) is 12.1. The first kappa shape index (κ1) is 15.9. The topological polar surface area (TPSA) is 61.7 Å². The SMILES string of the molecule is CC(C)NC[C@H](O)COc1cc(O)c(Cl)c2ccccc12. The monoisotopic (exact) mass is 309 g/mol. The van der Waals surface area contributed by atoms with E-state index in [0.29, 0.717) is 23.4 Å². The highest BCUT2D eigenvalue weighted by atomic mass is 35.5. The predicted octanol–water partition coefficient (Wildman–Crippen LogP) is 2.94. The number of phenols is 1. The molecule has 0 amide bonds. The van der Waals surface area contributed by atoms with E-state index in [2.05, 4.69) is 5.32 Å². The maximum absolute atomic E-state index is 9.88. The number of phenolic OH excluding ortho intramolecular Hbond substituents is 1. The van der Waals surface area contributed by atoms with E-state index in [9.17, 15) is 10.2 Å². The lowest BCUT2D eigenvalue weighted by molar-refractivity contribution is 0.105. The number of benzene rings is 2. The van der Waals surface area contributed by atoms with Crippen molar-refractivity contribution < 1.29 is 14.9 Å². The number of aliphatic hydroxyl groups is 1. The molecule has 0 aliphatic carbocycles. The van der Waals surface area contributed by atoms with Gasteiger partial charge in [-0.3, -0.25) is 0 Å². The van der Waals surface area contributed by atoms with E-state index < -0.39 is 6.10 Å². The van der Waals surface area contributed by atoms with Gasteiger partial charge in [-0.05, 0) is 0 Å². The van der Waals surface area contributed by atoms with Crippen LogP contribution in [0.5, 0.6) is 11.5 Å². The molecule has 2 aromatic rings. The van der Waals surface area contributed by atoms with Crippen molar-refractivity contribution in [2.45, 2.75) is 26.0 Å². The number of ether oxygens (including phenoxy) is 1. The Morgan fingerprint density at radius 3 is 2.57 bits per heavy atom. The van der Waals surface area contributed by atoms with Gasteiger partial charge in [-0.1, -0.05) is 49.7 Å². The molecule has 0 aliphatic heterocycles. The van der Waals surface area contributed by atoms with Crippen LogP contribution in [0.4, 0.5) is 0 Å². The smallest absolute Gasteiger partial charge is 0.138 e. The fraction of sp³-hybridized carbons (Fsp3) is 0.375. The molecule has 1 atom stereocenters. The van der Waals surface area contributed by atoms with Gasteiger partial charge in [0.05, 0.1) is 5.02 Å². The van der Waals surface area contributed by atoms with Gasteiger partial charge < -0.3 is 20.3 Å². The second-order valence-electron chi connectivity index (χ2n) is 5.28. The van der Waals surface area contributed by atoms with E-state index >= 15 is 0 Å². The highest BCUT2D eigenvalue weighted by Gasteiger charge is 2.12.